The molecule has 0 radical (unpaired) electrons. The monoisotopic (exact) mass is 366 g/mol. The Kier molecular flexibility index (Phi) is 5.02. The molecule has 0 aliphatic carbocycles. The Morgan fingerprint density at radius 1 is 1.11 bits per heavy atom. The molecule has 3 heterocycles. The molecule has 1 aromatic carbocycles. The Balaban J connectivity index is 1.31. The van der Waals surface area contributed by atoms with Crippen LogP contribution in [-0.2, 0) is 17.8 Å². The van der Waals surface area contributed by atoms with Gasteiger partial charge in [-0.2, -0.15) is 0 Å². The highest BCUT2D eigenvalue weighted by atomic mass is 16.3. The number of aromatic amines is 1. The van der Waals surface area contributed by atoms with Crippen LogP contribution < -0.4 is 5.56 Å². The first-order valence-electron chi connectivity index (χ1n) is 9.19. The quantitative estimate of drug-likeness (QED) is 0.744. The van der Waals surface area contributed by atoms with Gasteiger partial charge in [0.25, 0.3) is 5.56 Å². The number of aromatic nitrogens is 2. The fraction of sp³-hybridized carbons (Fsp3) is 0.350. The predicted molar refractivity (Wildman–Crippen MR) is 101 cm³/mol. The highest BCUT2D eigenvalue weighted by molar-refractivity contribution is 5.77. The second-order valence-corrected chi connectivity index (χ2v) is 6.77. The maximum absolute atomic E-state index is 12.5. The zero-order valence-electron chi connectivity index (χ0n) is 15.1. The zero-order valence-corrected chi connectivity index (χ0v) is 15.1. The van der Waals surface area contributed by atoms with Crippen molar-refractivity contribution in [2.75, 3.05) is 26.2 Å². The van der Waals surface area contributed by atoms with Gasteiger partial charge in [-0.1, -0.05) is 12.1 Å². The van der Waals surface area contributed by atoms with Crippen LogP contribution in [0.2, 0.25) is 0 Å². The molecule has 0 unspecified atom stereocenters. The van der Waals surface area contributed by atoms with Gasteiger partial charge >= 0.3 is 0 Å². The minimum atomic E-state index is -0.218. The summed E-state index contributed by atoms with van der Waals surface area (Å²) < 4.78 is 5.38. The first kappa shape index (κ1) is 17.5. The van der Waals surface area contributed by atoms with Gasteiger partial charge in [0.1, 0.15) is 11.5 Å². The SMILES string of the molecule is O=C(CCc1nc2ccccc2[nH]c1=O)N1CCN(Cc2ccco2)CC1. The van der Waals surface area contributed by atoms with E-state index in [1.54, 1.807) is 6.26 Å². The van der Waals surface area contributed by atoms with E-state index in [2.05, 4.69) is 14.9 Å². The van der Waals surface area contributed by atoms with E-state index in [4.69, 9.17) is 4.42 Å². The number of hydrogen-bond acceptors (Lipinski definition) is 5. The molecule has 0 bridgehead atoms. The van der Waals surface area contributed by atoms with Gasteiger partial charge in [-0.25, -0.2) is 4.98 Å². The first-order chi connectivity index (χ1) is 13.2. The fourth-order valence-electron chi connectivity index (χ4n) is 3.40. The molecule has 0 atom stereocenters. The molecule has 2 aromatic heterocycles. The normalized spacial score (nSPS) is 15.3. The van der Waals surface area contributed by atoms with E-state index in [0.29, 0.717) is 37.1 Å². The Morgan fingerprint density at radius 2 is 1.93 bits per heavy atom. The Morgan fingerprint density at radius 3 is 2.70 bits per heavy atom. The second kappa shape index (κ2) is 7.75. The Bertz CT molecular complexity index is 972. The lowest BCUT2D eigenvalue weighted by Gasteiger charge is -2.34. The third-order valence-electron chi connectivity index (χ3n) is 4.93. The molecular formula is C20H22N4O3. The molecule has 27 heavy (non-hydrogen) atoms. The van der Waals surface area contributed by atoms with Gasteiger partial charge in [0.2, 0.25) is 5.91 Å². The molecule has 0 spiro atoms. The average molecular weight is 366 g/mol. The van der Waals surface area contributed by atoms with Crippen molar-refractivity contribution in [2.24, 2.45) is 0 Å². The van der Waals surface area contributed by atoms with Gasteiger partial charge in [-0.15, -0.1) is 0 Å². The molecule has 0 saturated carbocycles. The summed E-state index contributed by atoms with van der Waals surface area (Å²) in [7, 11) is 0. The number of carbonyl (C=O) groups excluding carboxylic acids is 1. The lowest BCUT2D eigenvalue weighted by Crippen LogP contribution is -2.48. The molecular weight excluding hydrogens is 344 g/mol. The van der Waals surface area contributed by atoms with E-state index >= 15 is 0 Å². The summed E-state index contributed by atoms with van der Waals surface area (Å²) in [5.41, 5.74) is 1.65. The lowest BCUT2D eigenvalue weighted by atomic mass is 10.2. The fourth-order valence-corrected chi connectivity index (χ4v) is 3.40. The van der Waals surface area contributed by atoms with E-state index < -0.39 is 0 Å². The van der Waals surface area contributed by atoms with E-state index in [9.17, 15) is 9.59 Å². The van der Waals surface area contributed by atoms with Gasteiger partial charge in [0.05, 0.1) is 23.8 Å². The molecule has 7 heteroatoms. The van der Waals surface area contributed by atoms with Gasteiger partial charge in [-0.05, 0) is 24.3 Å². The van der Waals surface area contributed by atoms with Crippen LogP contribution >= 0.6 is 0 Å². The molecule has 1 aliphatic rings. The number of amides is 1. The predicted octanol–water partition coefficient (Wildman–Crippen LogP) is 1.79. The van der Waals surface area contributed by atoms with Crippen LogP contribution in [0.4, 0.5) is 0 Å². The summed E-state index contributed by atoms with van der Waals surface area (Å²) in [6, 6.07) is 11.3. The van der Waals surface area contributed by atoms with Crippen molar-refractivity contribution >= 4 is 16.9 Å². The van der Waals surface area contributed by atoms with Crippen LogP contribution in [0.15, 0.2) is 51.9 Å². The first-order valence-corrected chi connectivity index (χ1v) is 9.19. The average Bonchev–Trinajstić information content (AvgIpc) is 3.19. The number of fused-ring (bicyclic) bond motifs is 1. The highest BCUT2D eigenvalue weighted by Crippen LogP contribution is 2.11. The number of carbonyl (C=O) groups is 1. The van der Waals surface area contributed by atoms with Crippen molar-refractivity contribution < 1.29 is 9.21 Å². The summed E-state index contributed by atoms with van der Waals surface area (Å²) in [4.78, 5) is 36.1. The Labute approximate surface area is 156 Å². The van der Waals surface area contributed by atoms with Gasteiger partial charge in [0.15, 0.2) is 0 Å². The standard InChI is InChI=1S/C20H22N4O3/c25-19(24-11-9-23(10-12-24)14-15-4-3-13-27-15)8-7-18-20(26)22-17-6-2-1-5-16(17)21-18/h1-6,13H,7-12,14H2,(H,22,26). The smallest absolute Gasteiger partial charge is 0.270 e. The van der Waals surface area contributed by atoms with Crippen molar-refractivity contribution in [3.63, 3.8) is 0 Å². The van der Waals surface area contributed by atoms with E-state index in [1.807, 2.05) is 41.3 Å². The molecule has 1 fully saturated rings. The summed E-state index contributed by atoms with van der Waals surface area (Å²) in [5.74, 6) is 1.01. The number of benzene rings is 1. The van der Waals surface area contributed by atoms with Crippen molar-refractivity contribution in [1.82, 2.24) is 19.8 Å². The third-order valence-corrected chi connectivity index (χ3v) is 4.93. The number of H-pyrrole nitrogens is 1. The Hall–Kier alpha value is -2.93. The number of rotatable bonds is 5. The number of aryl methyl sites for hydroxylation is 1. The van der Waals surface area contributed by atoms with E-state index in [-0.39, 0.29) is 11.5 Å². The van der Waals surface area contributed by atoms with E-state index in [1.165, 1.54) is 0 Å². The molecule has 3 aromatic rings. The molecule has 140 valence electrons. The minimum absolute atomic E-state index is 0.0713. The summed E-state index contributed by atoms with van der Waals surface area (Å²) >= 11 is 0. The maximum Gasteiger partial charge on any atom is 0.270 e. The topological polar surface area (TPSA) is 82.4 Å². The van der Waals surface area contributed by atoms with Gasteiger partial charge in [-0.3, -0.25) is 14.5 Å². The van der Waals surface area contributed by atoms with Crippen LogP contribution in [0.5, 0.6) is 0 Å². The molecule has 1 aliphatic heterocycles. The number of nitrogens with zero attached hydrogens (tertiary/aromatic N) is 3. The zero-order chi connectivity index (χ0) is 18.6. The minimum Gasteiger partial charge on any atom is -0.468 e. The van der Waals surface area contributed by atoms with Crippen LogP contribution in [0.1, 0.15) is 17.9 Å². The summed E-state index contributed by atoms with van der Waals surface area (Å²) in [5, 5.41) is 0. The lowest BCUT2D eigenvalue weighted by molar-refractivity contribution is -0.133. The van der Waals surface area contributed by atoms with Gasteiger partial charge in [0, 0.05) is 39.0 Å². The molecule has 1 N–H and O–H groups in total. The number of nitrogens with one attached hydrogen (secondary N) is 1. The van der Waals surface area contributed by atoms with Crippen molar-refractivity contribution in [3.8, 4) is 0 Å². The largest absolute Gasteiger partial charge is 0.468 e. The van der Waals surface area contributed by atoms with Crippen molar-refractivity contribution in [2.45, 2.75) is 19.4 Å². The summed E-state index contributed by atoms with van der Waals surface area (Å²) in [6.07, 6.45) is 2.33. The van der Waals surface area contributed by atoms with Crippen LogP contribution in [0.3, 0.4) is 0 Å². The van der Waals surface area contributed by atoms with Gasteiger partial charge < -0.3 is 14.3 Å². The van der Waals surface area contributed by atoms with Crippen molar-refractivity contribution in [1.29, 1.82) is 0 Å². The third kappa shape index (κ3) is 4.09. The van der Waals surface area contributed by atoms with Crippen LogP contribution in [-0.4, -0.2) is 51.9 Å². The number of hydrogen-bond donors (Lipinski definition) is 1. The second-order valence-electron chi connectivity index (χ2n) is 6.77. The number of furan rings is 1. The number of piperazine rings is 1. The highest BCUT2D eigenvalue weighted by Gasteiger charge is 2.21. The van der Waals surface area contributed by atoms with Crippen LogP contribution in [0, 0.1) is 0 Å². The summed E-state index contributed by atoms with van der Waals surface area (Å²) in [6.45, 7) is 3.80. The molecule has 7 nitrogen and oxygen atoms in total. The molecule has 1 saturated heterocycles. The van der Waals surface area contributed by atoms with E-state index in [0.717, 1.165) is 30.9 Å². The maximum atomic E-state index is 12.5. The molecule has 1 amide bonds. The van der Waals surface area contributed by atoms with Crippen molar-refractivity contribution in [3.05, 3.63) is 64.5 Å². The number of para-hydroxylation sites is 2. The van der Waals surface area contributed by atoms with Crippen LogP contribution in [0.25, 0.3) is 11.0 Å². The molecule has 4 rings (SSSR count).